The van der Waals surface area contributed by atoms with Crippen molar-refractivity contribution in [2.24, 2.45) is 20.6 Å². The molecule has 0 fully saturated rings. The number of ether oxygens (including phenoxy) is 3. The monoisotopic (exact) mass is 1200 g/mol. The molecule has 5 atom stereocenters. The van der Waals surface area contributed by atoms with Crippen molar-refractivity contribution in [1.29, 1.82) is 0 Å². The zero-order chi connectivity index (χ0) is 58.7. The summed E-state index contributed by atoms with van der Waals surface area (Å²) in [4.78, 5) is 35.6. The fourth-order valence-electron chi connectivity index (χ4n) is 5.81. The zero-order valence-electron chi connectivity index (χ0n) is 51.4. The quantitative estimate of drug-likeness (QED) is 0.0467. The zero-order valence-corrected chi connectivity index (χ0v) is 56.9. The fraction of sp³-hybridized carbons (Fsp3) is 0.617. The van der Waals surface area contributed by atoms with Crippen LogP contribution in [0.3, 0.4) is 0 Å². The largest absolute Gasteiger partial charge is 2.00 e. The number of carbonyl (C=O) groups excluding carboxylic acids is 3. The van der Waals surface area contributed by atoms with E-state index in [4.69, 9.17) is 14.2 Å². The number of hydrogen-bond donors (Lipinski definition) is 2. The van der Waals surface area contributed by atoms with Gasteiger partial charge in [-0.05, 0) is 181 Å². The van der Waals surface area contributed by atoms with Crippen molar-refractivity contribution in [2.45, 2.75) is 224 Å². The molecule has 12 nitrogen and oxygen atoms in total. The SMILES string of the molecule is CC(C)OC(=O)c1ccc(C=N[S@@](=O)C(C)(C)C)cc1.CC(C)OC(=O)c1ccc([C@@H](CC(C)(C)C)N[S@@](=O)C(C)(C)C)cc1.CC(C)OC(=O)c1ccc([C@H](CC(C)(C)C)N[S@@](=O)C(C)(C)C)cc1.[Br-].[CH2-]C(C)(C)C.[Mg+2]. The Morgan fingerprint density at radius 1 is 0.494 bits per heavy atom. The molecule has 0 amide bonds. The van der Waals surface area contributed by atoms with Crippen molar-refractivity contribution >= 4 is 80.1 Å². The Kier molecular flexibility index (Phi) is 35.3. The Hall–Kier alpha value is -2.64. The molecule has 3 rings (SSSR count). The van der Waals surface area contributed by atoms with Crippen LogP contribution in [-0.2, 0) is 47.2 Å². The minimum Gasteiger partial charge on any atom is -1.00 e. The molecule has 0 aliphatic heterocycles. The van der Waals surface area contributed by atoms with Gasteiger partial charge in [0.1, 0.15) is 11.0 Å². The third-order valence-electron chi connectivity index (χ3n) is 9.34. The second kappa shape index (κ2) is 34.6. The van der Waals surface area contributed by atoms with Gasteiger partial charge in [0.2, 0.25) is 0 Å². The predicted molar refractivity (Wildman–Crippen MR) is 323 cm³/mol. The van der Waals surface area contributed by atoms with Crippen molar-refractivity contribution in [2.75, 3.05) is 0 Å². The molecular formula is C60H98BrMgN3O9S3. The van der Waals surface area contributed by atoms with Gasteiger partial charge in [-0.3, -0.25) is 0 Å². The maximum atomic E-state index is 12.6. The van der Waals surface area contributed by atoms with E-state index in [1.165, 1.54) is 0 Å². The van der Waals surface area contributed by atoms with Gasteiger partial charge in [-0.15, -0.1) is 0 Å². The van der Waals surface area contributed by atoms with E-state index < -0.39 is 33.0 Å². The molecule has 0 spiro atoms. The molecular weight excluding hydrogens is 1110 g/mol. The molecule has 0 aliphatic carbocycles. The summed E-state index contributed by atoms with van der Waals surface area (Å²) in [5.41, 5.74) is 4.80. The topological polar surface area (TPSA) is 167 Å². The molecule has 434 valence electrons. The molecule has 2 N–H and O–H groups in total. The van der Waals surface area contributed by atoms with Crippen molar-refractivity contribution in [3.63, 3.8) is 0 Å². The van der Waals surface area contributed by atoms with Crippen LogP contribution in [0.1, 0.15) is 239 Å². The normalized spacial score (nSPS) is 14.1. The van der Waals surface area contributed by atoms with Crippen LogP contribution in [-0.4, -0.2) is 92.4 Å². The van der Waals surface area contributed by atoms with Crippen LogP contribution in [0.15, 0.2) is 77.2 Å². The van der Waals surface area contributed by atoms with E-state index in [1.54, 1.807) is 68.6 Å². The Morgan fingerprint density at radius 3 is 0.948 bits per heavy atom. The first kappa shape index (κ1) is 78.6. The van der Waals surface area contributed by atoms with Gasteiger partial charge in [-0.1, -0.05) is 98.7 Å². The molecule has 0 aliphatic rings. The predicted octanol–water partition coefficient (Wildman–Crippen LogP) is 11.2. The number of carbonyl (C=O) groups is 3. The second-order valence-corrected chi connectivity index (χ2v) is 31.9. The minimum absolute atomic E-state index is 0. The first-order valence-corrected chi connectivity index (χ1v) is 29.3. The summed E-state index contributed by atoms with van der Waals surface area (Å²) >= 11 is 0. The molecule has 0 heterocycles. The minimum atomic E-state index is -1.28. The Balaban J connectivity index is -0.00000101. The van der Waals surface area contributed by atoms with Crippen molar-refractivity contribution in [3.8, 4) is 0 Å². The van der Waals surface area contributed by atoms with Gasteiger partial charge in [0.25, 0.3) is 0 Å². The molecule has 3 aromatic carbocycles. The number of hydrogen-bond acceptors (Lipinski definition) is 9. The maximum absolute atomic E-state index is 12.6. The van der Waals surface area contributed by atoms with Gasteiger partial charge in [0.05, 0.1) is 71.2 Å². The van der Waals surface area contributed by atoms with Gasteiger partial charge in [-0.2, -0.15) is 9.81 Å². The van der Waals surface area contributed by atoms with E-state index >= 15 is 0 Å². The smallest absolute Gasteiger partial charge is 1.00 e. The molecule has 17 heteroatoms. The Morgan fingerprint density at radius 2 is 0.740 bits per heavy atom. The second-order valence-electron chi connectivity index (χ2n) is 26.0. The summed E-state index contributed by atoms with van der Waals surface area (Å²) in [6.45, 7) is 51.2. The third-order valence-corrected chi connectivity index (χ3v) is 13.9. The number of esters is 3. The average Bonchev–Trinajstić information content (AvgIpc) is 3.22. The molecule has 0 saturated carbocycles. The maximum Gasteiger partial charge on any atom is 2.00 e. The van der Waals surface area contributed by atoms with Gasteiger partial charge < -0.3 is 38.1 Å². The molecule has 0 bridgehead atoms. The van der Waals surface area contributed by atoms with Crippen LogP contribution in [0.25, 0.3) is 0 Å². The number of halogens is 1. The van der Waals surface area contributed by atoms with Crippen LogP contribution in [0, 0.1) is 23.2 Å². The Bertz CT molecular complexity index is 2200. The van der Waals surface area contributed by atoms with E-state index in [-0.39, 0.29) is 119 Å². The van der Waals surface area contributed by atoms with Crippen LogP contribution in [0.2, 0.25) is 0 Å². The molecule has 0 radical (unpaired) electrons. The standard InChI is InChI=1S/2C20H33NO3S.C15H21NO3S.C5H11.BrH.Mg/c2*1-14(2)24-18(22)16-11-9-15(10-12-16)17(13-19(3,4)5)21-25(23)20(6,7)8;1-11(2)19-14(17)13-8-6-12(7-9-13)10-16-20(18)15(3,4)5;1-5(2,3)4;;/h2*9-12,14,17,21H,13H2,1-8H3;6-11H,1-5H3;1H2,2-4H3;1H;/q;;;-1;;+2/p-1/t17-,25+;17-,25-;20-;;;/m100.../s1. The van der Waals surface area contributed by atoms with Gasteiger partial charge in [0, 0.05) is 18.3 Å². The first-order chi connectivity index (χ1) is 33.8. The van der Waals surface area contributed by atoms with Crippen molar-refractivity contribution in [1.82, 2.24) is 9.44 Å². The molecule has 0 saturated heterocycles. The van der Waals surface area contributed by atoms with Crippen molar-refractivity contribution < 1.29 is 58.2 Å². The molecule has 77 heavy (non-hydrogen) atoms. The Labute approximate surface area is 501 Å². The van der Waals surface area contributed by atoms with Crippen LogP contribution < -0.4 is 26.4 Å². The summed E-state index contributed by atoms with van der Waals surface area (Å²) in [5, 5.41) is 0. The van der Waals surface area contributed by atoms with Crippen LogP contribution in [0.5, 0.6) is 0 Å². The number of nitrogens with one attached hydrogen (secondary N) is 2. The van der Waals surface area contributed by atoms with Gasteiger partial charge in [-0.25, -0.2) is 36.5 Å². The van der Waals surface area contributed by atoms with Crippen LogP contribution in [0.4, 0.5) is 0 Å². The molecule has 0 unspecified atom stereocenters. The van der Waals surface area contributed by atoms with Gasteiger partial charge >= 0.3 is 41.0 Å². The first-order valence-electron chi connectivity index (χ1n) is 25.9. The summed E-state index contributed by atoms with van der Waals surface area (Å²) in [6.07, 6.45) is 2.81. The van der Waals surface area contributed by atoms with Crippen molar-refractivity contribution in [3.05, 3.63) is 113 Å². The van der Waals surface area contributed by atoms with E-state index in [1.807, 2.05) is 114 Å². The van der Waals surface area contributed by atoms with E-state index in [9.17, 15) is 27.0 Å². The van der Waals surface area contributed by atoms with Gasteiger partial charge in [0.15, 0.2) is 0 Å². The molecule has 0 aromatic heterocycles. The summed E-state index contributed by atoms with van der Waals surface area (Å²) in [5.74, 6) is -0.984. The molecule has 3 aromatic rings. The number of nitrogens with zero attached hydrogens (tertiary/aromatic N) is 1. The number of benzene rings is 3. The summed E-state index contributed by atoms with van der Waals surface area (Å²) in [7, 11) is -3.61. The average molecular weight is 1210 g/mol. The van der Waals surface area contributed by atoms with E-state index in [0.717, 1.165) is 29.5 Å². The number of rotatable bonds is 16. The van der Waals surface area contributed by atoms with E-state index in [2.05, 4.69) is 83.1 Å². The summed E-state index contributed by atoms with van der Waals surface area (Å²) < 4.78 is 61.9. The van der Waals surface area contributed by atoms with Crippen LogP contribution >= 0.6 is 0 Å². The fourth-order valence-corrected chi connectivity index (χ4v) is 8.01. The van der Waals surface area contributed by atoms with E-state index in [0.29, 0.717) is 16.7 Å². The summed E-state index contributed by atoms with van der Waals surface area (Å²) in [6, 6.07) is 21.5. The third kappa shape index (κ3) is 37.1.